The minimum absolute atomic E-state index is 0.256. The number of nitrogens with one attached hydrogen (secondary N) is 1. The summed E-state index contributed by atoms with van der Waals surface area (Å²) in [5.41, 5.74) is -0.337. The normalized spacial score (nSPS) is 12.9. The predicted molar refractivity (Wildman–Crippen MR) is 74.7 cm³/mol. The molecule has 1 aromatic carbocycles. The summed E-state index contributed by atoms with van der Waals surface area (Å²) in [5, 5.41) is 19.1. The van der Waals surface area contributed by atoms with Gasteiger partial charge in [0, 0.05) is 18.7 Å². The van der Waals surface area contributed by atoms with Gasteiger partial charge in [-0.3, -0.25) is 14.9 Å². The first-order valence-corrected chi connectivity index (χ1v) is 7.71. The Balaban J connectivity index is 2.98. The van der Waals surface area contributed by atoms with Crippen LogP contribution in [0.2, 0.25) is 5.02 Å². The van der Waals surface area contributed by atoms with Gasteiger partial charge in [-0.15, -0.1) is 0 Å². The van der Waals surface area contributed by atoms with Crippen molar-refractivity contribution < 1.29 is 23.2 Å². The smallest absolute Gasteiger partial charge is 0.307 e. The number of nitrogens with zero attached hydrogens (tertiary/aromatic N) is 1. The number of nitro groups is 1. The second-order valence-corrected chi connectivity index (χ2v) is 6.31. The second kappa shape index (κ2) is 6.83. The van der Waals surface area contributed by atoms with Crippen molar-refractivity contribution in [1.29, 1.82) is 0 Å². The number of carbonyl (C=O) groups is 1. The molecule has 0 heterocycles. The van der Waals surface area contributed by atoms with Crippen LogP contribution >= 0.6 is 11.6 Å². The van der Waals surface area contributed by atoms with E-state index in [0.29, 0.717) is 0 Å². The number of aliphatic carboxylic acids is 1. The Kier molecular flexibility index (Phi) is 5.64. The molecule has 1 atom stereocenters. The van der Waals surface area contributed by atoms with Crippen molar-refractivity contribution in [3.8, 4) is 0 Å². The molecule has 1 unspecified atom stereocenters. The van der Waals surface area contributed by atoms with Gasteiger partial charge in [-0.25, -0.2) is 13.1 Å². The summed E-state index contributed by atoms with van der Waals surface area (Å²) >= 11 is 5.73. The number of rotatable bonds is 7. The van der Waals surface area contributed by atoms with E-state index in [0.717, 1.165) is 18.2 Å². The maximum absolute atomic E-state index is 12.0. The van der Waals surface area contributed by atoms with E-state index in [1.165, 1.54) is 0 Å². The van der Waals surface area contributed by atoms with Gasteiger partial charge in [0.15, 0.2) is 0 Å². The molecule has 1 aromatic rings. The highest BCUT2D eigenvalue weighted by Crippen LogP contribution is 2.26. The molecule has 0 saturated heterocycles. The third-order valence-corrected chi connectivity index (χ3v) is 4.68. The van der Waals surface area contributed by atoms with E-state index < -0.39 is 26.8 Å². The lowest BCUT2D eigenvalue weighted by molar-refractivity contribution is -0.384. The Morgan fingerprint density at radius 2 is 2.14 bits per heavy atom. The van der Waals surface area contributed by atoms with Gasteiger partial charge in [-0.05, 0) is 12.5 Å². The average Bonchev–Trinajstić information content (AvgIpc) is 2.38. The topological polar surface area (TPSA) is 127 Å². The van der Waals surface area contributed by atoms with Gasteiger partial charge >= 0.3 is 5.97 Å². The van der Waals surface area contributed by atoms with E-state index >= 15 is 0 Å². The van der Waals surface area contributed by atoms with Gasteiger partial charge in [0.1, 0.15) is 4.90 Å². The summed E-state index contributed by atoms with van der Waals surface area (Å²) in [7, 11) is -4.04. The SMILES string of the molecule is CCC(CNS(=O)(=O)c1ccc([N+](=O)[O-])cc1Cl)C(=O)O. The number of hydrogen-bond donors (Lipinski definition) is 2. The van der Waals surface area contributed by atoms with Crippen LogP contribution in [0.4, 0.5) is 5.69 Å². The fourth-order valence-electron chi connectivity index (χ4n) is 1.52. The number of carboxylic acid groups (broad SMARTS) is 1. The molecule has 0 aliphatic rings. The molecule has 0 radical (unpaired) electrons. The van der Waals surface area contributed by atoms with E-state index in [2.05, 4.69) is 4.72 Å². The second-order valence-electron chi connectivity index (χ2n) is 4.17. The van der Waals surface area contributed by atoms with E-state index in [1.807, 2.05) is 0 Å². The van der Waals surface area contributed by atoms with Crippen LogP contribution in [0.1, 0.15) is 13.3 Å². The van der Waals surface area contributed by atoms with Crippen molar-refractivity contribution in [3.63, 3.8) is 0 Å². The third kappa shape index (κ3) is 4.38. The summed E-state index contributed by atoms with van der Waals surface area (Å²) in [6.45, 7) is 1.33. The quantitative estimate of drug-likeness (QED) is 0.575. The Bertz CT molecular complexity index is 661. The van der Waals surface area contributed by atoms with Crippen molar-refractivity contribution in [2.24, 2.45) is 5.92 Å². The van der Waals surface area contributed by atoms with E-state index in [1.54, 1.807) is 6.92 Å². The van der Waals surface area contributed by atoms with E-state index in [9.17, 15) is 23.3 Å². The summed E-state index contributed by atoms with van der Waals surface area (Å²) in [4.78, 5) is 20.4. The third-order valence-electron chi connectivity index (χ3n) is 2.78. The highest BCUT2D eigenvalue weighted by Gasteiger charge is 2.23. The Hall–Kier alpha value is -1.71. The van der Waals surface area contributed by atoms with Crippen molar-refractivity contribution in [3.05, 3.63) is 33.3 Å². The summed E-state index contributed by atoms with van der Waals surface area (Å²) in [6, 6.07) is 2.93. The summed E-state index contributed by atoms with van der Waals surface area (Å²) < 4.78 is 26.2. The van der Waals surface area contributed by atoms with E-state index in [4.69, 9.17) is 16.7 Å². The number of sulfonamides is 1. The molecular formula is C11H13ClN2O6S. The van der Waals surface area contributed by atoms with Crippen molar-refractivity contribution in [1.82, 2.24) is 4.72 Å². The first-order chi connectivity index (χ1) is 9.69. The molecule has 10 heteroatoms. The van der Waals surface area contributed by atoms with Crippen LogP contribution < -0.4 is 4.72 Å². The molecular weight excluding hydrogens is 324 g/mol. The summed E-state index contributed by atoms with van der Waals surface area (Å²) in [6.07, 6.45) is 0.256. The van der Waals surface area contributed by atoms with Gasteiger partial charge in [-0.2, -0.15) is 0 Å². The van der Waals surface area contributed by atoms with Gasteiger partial charge < -0.3 is 5.11 Å². The molecule has 0 fully saturated rings. The van der Waals surface area contributed by atoms with Gasteiger partial charge in [-0.1, -0.05) is 18.5 Å². The predicted octanol–water partition coefficient (Wildman–Crippen LogP) is 1.64. The van der Waals surface area contributed by atoms with Crippen molar-refractivity contribution >= 4 is 33.3 Å². The maximum Gasteiger partial charge on any atom is 0.307 e. The van der Waals surface area contributed by atoms with Crippen LogP contribution in [0.15, 0.2) is 23.1 Å². The van der Waals surface area contributed by atoms with E-state index in [-0.39, 0.29) is 28.6 Å². The Morgan fingerprint density at radius 3 is 2.57 bits per heavy atom. The standard InChI is InChI=1S/C11H13ClN2O6S/c1-2-7(11(15)16)6-13-21(19,20)10-4-3-8(14(17)18)5-9(10)12/h3-5,7,13H,2,6H2,1H3,(H,15,16). The molecule has 0 amide bonds. The fraction of sp³-hybridized carbons (Fsp3) is 0.364. The monoisotopic (exact) mass is 336 g/mol. The number of benzene rings is 1. The molecule has 21 heavy (non-hydrogen) atoms. The number of hydrogen-bond acceptors (Lipinski definition) is 5. The molecule has 2 N–H and O–H groups in total. The number of non-ortho nitro benzene ring substituents is 1. The van der Waals surface area contributed by atoms with Crippen LogP contribution in [-0.2, 0) is 14.8 Å². The minimum atomic E-state index is -4.04. The van der Waals surface area contributed by atoms with Crippen LogP contribution in [0, 0.1) is 16.0 Å². The number of carboxylic acids is 1. The molecule has 0 aromatic heterocycles. The number of nitro benzene ring substituents is 1. The summed E-state index contributed by atoms with van der Waals surface area (Å²) in [5.74, 6) is -1.98. The molecule has 0 bridgehead atoms. The zero-order valence-electron chi connectivity index (χ0n) is 10.9. The largest absolute Gasteiger partial charge is 0.481 e. The van der Waals surface area contributed by atoms with Gasteiger partial charge in [0.2, 0.25) is 10.0 Å². The van der Waals surface area contributed by atoms with Crippen molar-refractivity contribution in [2.45, 2.75) is 18.2 Å². The number of halogens is 1. The molecule has 0 aliphatic heterocycles. The lowest BCUT2D eigenvalue weighted by atomic mass is 10.1. The Morgan fingerprint density at radius 1 is 1.52 bits per heavy atom. The minimum Gasteiger partial charge on any atom is -0.481 e. The van der Waals surface area contributed by atoms with Crippen molar-refractivity contribution in [2.75, 3.05) is 6.54 Å². The highest BCUT2D eigenvalue weighted by molar-refractivity contribution is 7.89. The van der Waals surface area contributed by atoms with Crippen LogP contribution in [-0.4, -0.2) is 31.0 Å². The molecule has 0 saturated carbocycles. The maximum atomic E-state index is 12.0. The zero-order chi connectivity index (χ0) is 16.2. The first kappa shape index (κ1) is 17.3. The lowest BCUT2D eigenvalue weighted by Crippen LogP contribution is -2.32. The average molecular weight is 337 g/mol. The molecule has 0 spiro atoms. The van der Waals surface area contributed by atoms with Gasteiger partial charge in [0.25, 0.3) is 5.69 Å². The van der Waals surface area contributed by atoms with Crippen LogP contribution in [0.25, 0.3) is 0 Å². The first-order valence-electron chi connectivity index (χ1n) is 5.85. The molecule has 8 nitrogen and oxygen atoms in total. The Labute approximate surface area is 125 Å². The molecule has 1 rings (SSSR count). The van der Waals surface area contributed by atoms with Crippen LogP contribution in [0.5, 0.6) is 0 Å². The fourth-order valence-corrected chi connectivity index (χ4v) is 3.13. The molecule has 116 valence electrons. The van der Waals surface area contributed by atoms with Crippen LogP contribution in [0.3, 0.4) is 0 Å². The highest BCUT2D eigenvalue weighted by atomic mass is 35.5. The molecule has 0 aliphatic carbocycles. The van der Waals surface area contributed by atoms with Gasteiger partial charge in [0.05, 0.1) is 15.9 Å². The zero-order valence-corrected chi connectivity index (χ0v) is 12.5. The lowest BCUT2D eigenvalue weighted by Gasteiger charge is -2.12.